The van der Waals surface area contributed by atoms with E-state index in [1.165, 1.54) is 24.3 Å². The first-order valence-electron chi connectivity index (χ1n) is 8.49. The fourth-order valence-electron chi connectivity index (χ4n) is 2.30. The lowest BCUT2D eigenvalue weighted by atomic mass is 10.2. The van der Waals surface area contributed by atoms with Gasteiger partial charge in [-0.1, -0.05) is 46.4 Å². The number of esters is 2. The molecule has 0 amide bonds. The predicted octanol–water partition coefficient (Wildman–Crippen LogP) is 3.98. The maximum atomic E-state index is 12.3. The Bertz CT molecular complexity index is 1110. The third kappa shape index (κ3) is 7.52. The summed E-state index contributed by atoms with van der Waals surface area (Å²) in [4.78, 5) is 36.6. The number of hydrogen-bond donors (Lipinski definition) is 4. The number of carbonyl (C=O) groups is 3. The Morgan fingerprint density at radius 1 is 0.735 bits per heavy atom. The number of benzene rings is 2. The molecule has 17 heteroatoms. The molecule has 0 saturated heterocycles. The molecule has 0 aromatic heterocycles. The molecular formula is C17H12Cl4N2O9S2. The molecule has 34 heavy (non-hydrogen) atoms. The van der Waals surface area contributed by atoms with Crippen LogP contribution in [0.15, 0.2) is 24.3 Å². The van der Waals surface area contributed by atoms with Crippen LogP contribution in [0.5, 0.6) is 0 Å². The smallest absolute Gasteiger partial charge is 0.341 e. The molecule has 0 aliphatic heterocycles. The van der Waals surface area contributed by atoms with Crippen LogP contribution in [0.3, 0.4) is 0 Å². The van der Waals surface area contributed by atoms with E-state index in [0.717, 1.165) is 0 Å². The fourth-order valence-corrected chi connectivity index (χ4v) is 4.28. The Labute approximate surface area is 216 Å². The molecule has 0 bridgehead atoms. The maximum Gasteiger partial charge on any atom is 0.341 e. The molecule has 0 radical (unpaired) electrons. The minimum absolute atomic E-state index is 0.0883. The molecule has 0 aliphatic rings. The van der Waals surface area contributed by atoms with Crippen molar-refractivity contribution in [3.05, 3.63) is 55.5 Å². The first kappa shape index (κ1) is 28.3. The van der Waals surface area contributed by atoms with Crippen LogP contribution in [-0.4, -0.2) is 48.5 Å². The zero-order valence-electron chi connectivity index (χ0n) is 16.3. The minimum Gasteiger partial charge on any atom is -0.454 e. The second kappa shape index (κ2) is 12.7. The number of Topliss-reactive ketones (excluding diaryl/α,β-unsaturated/α-hetero) is 1. The highest BCUT2D eigenvalue weighted by Gasteiger charge is 2.23. The summed E-state index contributed by atoms with van der Waals surface area (Å²) in [5, 5.41) is -0.935. The first-order chi connectivity index (χ1) is 15.9. The summed E-state index contributed by atoms with van der Waals surface area (Å²) < 4.78 is 53.4. The molecule has 2 unspecified atom stereocenters. The van der Waals surface area contributed by atoms with Crippen molar-refractivity contribution < 1.29 is 41.4 Å². The lowest BCUT2D eigenvalue weighted by Gasteiger charge is -2.12. The van der Waals surface area contributed by atoms with Crippen LogP contribution in [0.1, 0.15) is 20.7 Å². The van der Waals surface area contributed by atoms with E-state index in [9.17, 15) is 22.8 Å². The number of rotatable bonds is 10. The van der Waals surface area contributed by atoms with Gasteiger partial charge >= 0.3 is 11.9 Å². The van der Waals surface area contributed by atoms with Gasteiger partial charge in [-0.2, -0.15) is 0 Å². The van der Waals surface area contributed by atoms with Gasteiger partial charge in [0, 0.05) is 0 Å². The van der Waals surface area contributed by atoms with Crippen LogP contribution in [0.25, 0.3) is 0 Å². The van der Waals surface area contributed by atoms with Gasteiger partial charge in [-0.05, 0) is 24.3 Å². The number of carbonyl (C=O) groups excluding carboxylic acids is 3. The van der Waals surface area contributed by atoms with Crippen LogP contribution < -0.4 is 9.44 Å². The number of anilines is 2. The fraction of sp³-hybridized carbons (Fsp3) is 0.118. The van der Waals surface area contributed by atoms with E-state index in [1.54, 1.807) is 0 Å². The Kier molecular flexibility index (Phi) is 10.5. The Morgan fingerprint density at radius 3 is 1.41 bits per heavy atom. The maximum absolute atomic E-state index is 12.3. The van der Waals surface area contributed by atoms with Gasteiger partial charge in [-0.25, -0.2) is 18.0 Å². The summed E-state index contributed by atoms with van der Waals surface area (Å²) in [5.41, 5.74) is -0.912. The van der Waals surface area contributed by atoms with Crippen molar-refractivity contribution in [1.82, 2.24) is 0 Å². The average Bonchev–Trinajstić information content (AvgIpc) is 2.74. The quantitative estimate of drug-likeness (QED) is 0.235. The molecule has 2 aromatic rings. The lowest BCUT2D eigenvalue weighted by Crippen LogP contribution is -2.21. The van der Waals surface area contributed by atoms with Crippen molar-refractivity contribution >= 4 is 98.0 Å². The van der Waals surface area contributed by atoms with Crippen LogP contribution in [0, 0.1) is 0 Å². The molecule has 0 heterocycles. The van der Waals surface area contributed by atoms with Crippen molar-refractivity contribution in [2.75, 3.05) is 22.7 Å². The molecule has 2 aromatic carbocycles. The van der Waals surface area contributed by atoms with E-state index in [4.69, 9.17) is 65.0 Å². The Balaban J connectivity index is 2.02. The normalized spacial score (nSPS) is 12.4. The van der Waals surface area contributed by atoms with Crippen molar-refractivity contribution in [2.24, 2.45) is 0 Å². The van der Waals surface area contributed by atoms with E-state index >= 15 is 0 Å². The van der Waals surface area contributed by atoms with E-state index in [2.05, 4.69) is 9.44 Å². The SMILES string of the molecule is O=C(COC(=O)c1c(Cl)ccc(NS(=O)O)c1Cl)COC(=O)c1c(Cl)ccc(NS(=O)O)c1Cl. The minimum atomic E-state index is -2.48. The molecule has 0 fully saturated rings. The van der Waals surface area contributed by atoms with Gasteiger partial charge in [0.2, 0.25) is 5.78 Å². The van der Waals surface area contributed by atoms with Crippen molar-refractivity contribution in [3.63, 3.8) is 0 Å². The van der Waals surface area contributed by atoms with E-state index < -0.39 is 53.5 Å². The Morgan fingerprint density at radius 2 is 1.09 bits per heavy atom. The predicted molar refractivity (Wildman–Crippen MR) is 127 cm³/mol. The third-order valence-electron chi connectivity index (χ3n) is 3.71. The zero-order chi connectivity index (χ0) is 25.6. The molecule has 0 spiro atoms. The summed E-state index contributed by atoms with van der Waals surface area (Å²) in [6.07, 6.45) is 0. The van der Waals surface area contributed by atoms with Gasteiger partial charge in [0.1, 0.15) is 0 Å². The van der Waals surface area contributed by atoms with Crippen molar-refractivity contribution in [3.8, 4) is 0 Å². The van der Waals surface area contributed by atoms with E-state index in [1.807, 2.05) is 0 Å². The van der Waals surface area contributed by atoms with Gasteiger partial charge in [-0.15, -0.1) is 0 Å². The second-order valence-electron chi connectivity index (χ2n) is 5.96. The number of nitrogens with one attached hydrogen (secondary N) is 2. The number of ketones is 1. The molecule has 2 rings (SSSR count). The Hall–Kier alpha value is -1.97. The van der Waals surface area contributed by atoms with Gasteiger partial charge in [0.15, 0.2) is 13.2 Å². The summed E-state index contributed by atoms with van der Waals surface area (Å²) >= 11 is 18.9. The van der Waals surface area contributed by atoms with Gasteiger partial charge in [0.05, 0.1) is 42.6 Å². The van der Waals surface area contributed by atoms with Gasteiger partial charge in [0.25, 0.3) is 22.5 Å². The summed E-state index contributed by atoms with van der Waals surface area (Å²) in [6, 6.07) is 4.93. The van der Waals surface area contributed by atoms with Crippen molar-refractivity contribution in [2.45, 2.75) is 0 Å². The third-order valence-corrected chi connectivity index (χ3v) is 5.92. The molecule has 0 saturated carbocycles. The molecule has 184 valence electrons. The topological polar surface area (TPSA) is 168 Å². The highest BCUT2D eigenvalue weighted by Crippen LogP contribution is 2.33. The largest absolute Gasteiger partial charge is 0.454 e. The van der Waals surface area contributed by atoms with Crippen LogP contribution in [-0.2, 0) is 36.8 Å². The zero-order valence-corrected chi connectivity index (χ0v) is 21.0. The summed E-state index contributed by atoms with van der Waals surface area (Å²) in [5.74, 6) is -3.09. The molecule has 2 atom stereocenters. The van der Waals surface area contributed by atoms with Crippen LogP contribution in [0.4, 0.5) is 11.4 Å². The molecule has 4 N–H and O–H groups in total. The van der Waals surface area contributed by atoms with E-state index in [-0.39, 0.29) is 42.6 Å². The number of hydrogen-bond acceptors (Lipinski definition) is 7. The van der Waals surface area contributed by atoms with Crippen molar-refractivity contribution in [1.29, 1.82) is 0 Å². The second-order valence-corrected chi connectivity index (χ2v) is 8.94. The lowest BCUT2D eigenvalue weighted by molar-refractivity contribution is -0.125. The average molecular weight is 594 g/mol. The van der Waals surface area contributed by atoms with Gasteiger partial charge < -0.3 is 9.47 Å². The van der Waals surface area contributed by atoms with Crippen LogP contribution in [0.2, 0.25) is 20.1 Å². The molecular weight excluding hydrogens is 582 g/mol. The standard InChI is InChI=1S/C17H12Cl4N2O9S2/c18-8-1-3-10(22-33(27)28)14(20)12(8)16(25)31-5-7(24)6-32-17(26)13-9(19)2-4-11(15(13)21)23-34(29)30/h1-4,22-23H,5-6H2,(H,27,28)(H,29,30). The summed E-state index contributed by atoms with van der Waals surface area (Å²) in [7, 11) is 0. The van der Waals surface area contributed by atoms with E-state index in [0.29, 0.717) is 0 Å². The molecule has 11 nitrogen and oxygen atoms in total. The van der Waals surface area contributed by atoms with Crippen LogP contribution >= 0.6 is 46.4 Å². The highest BCUT2D eigenvalue weighted by atomic mass is 35.5. The summed E-state index contributed by atoms with van der Waals surface area (Å²) in [6.45, 7) is -1.68. The molecule has 0 aliphatic carbocycles. The van der Waals surface area contributed by atoms with Gasteiger partial charge in [-0.3, -0.25) is 23.3 Å². The number of ether oxygens (including phenoxy) is 2. The monoisotopic (exact) mass is 592 g/mol. The number of halogens is 4. The first-order valence-corrected chi connectivity index (χ1v) is 12.2. The highest BCUT2D eigenvalue weighted by molar-refractivity contribution is 7.80.